The lowest BCUT2D eigenvalue weighted by Gasteiger charge is -2.24. The highest BCUT2D eigenvalue weighted by molar-refractivity contribution is 5.92. The molecule has 1 saturated heterocycles. The first-order valence-electron chi connectivity index (χ1n) is 13.0. The summed E-state index contributed by atoms with van der Waals surface area (Å²) < 4.78 is 28.3. The smallest absolute Gasteiger partial charge is 0.410 e. The predicted molar refractivity (Wildman–Crippen MR) is 144 cm³/mol. The lowest BCUT2D eigenvalue weighted by atomic mass is 9.93. The van der Waals surface area contributed by atoms with Crippen molar-refractivity contribution < 1.29 is 33.0 Å². The normalized spacial score (nSPS) is 16.0. The molecule has 4 rings (SSSR count). The topological polar surface area (TPSA) is 111 Å². The Hall–Kier alpha value is -4.19. The summed E-state index contributed by atoms with van der Waals surface area (Å²) in [4.78, 5) is 27.0. The van der Waals surface area contributed by atoms with Gasteiger partial charge in [-0.3, -0.25) is 4.79 Å². The van der Waals surface area contributed by atoms with E-state index in [1.165, 1.54) is 7.11 Å². The number of fused-ring (bicyclic) bond motifs is 1. The molecule has 9 nitrogen and oxygen atoms in total. The number of benzene rings is 2. The average molecular weight is 535 g/mol. The summed E-state index contributed by atoms with van der Waals surface area (Å²) >= 11 is 0. The van der Waals surface area contributed by atoms with Gasteiger partial charge in [0.15, 0.2) is 0 Å². The zero-order chi connectivity index (χ0) is 28.2. The molecule has 0 radical (unpaired) electrons. The van der Waals surface area contributed by atoms with Gasteiger partial charge in [-0.15, -0.1) is 0 Å². The van der Waals surface area contributed by atoms with Crippen molar-refractivity contribution in [1.82, 2.24) is 4.90 Å². The SMILES string of the molecule is CCOC(=O)C(Cc1occ2cc(C#N)cc(OC)c12)c1ccc(O[C@H]2CCN(C(=O)OC(C)(C)C)C2)cc1. The number of hydrogen-bond donors (Lipinski definition) is 0. The van der Waals surface area contributed by atoms with Crippen LogP contribution in [0.3, 0.4) is 0 Å². The lowest BCUT2D eigenvalue weighted by Crippen LogP contribution is -2.36. The molecule has 0 spiro atoms. The molecule has 1 fully saturated rings. The molecular weight excluding hydrogens is 500 g/mol. The Kier molecular flexibility index (Phi) is 8.34. The molecule has 9 heteroatoms. The van der Waals surface area contributed by atoms with Crippen LogP contribution in [0.5, 0.6) is 11.5 Å². The molecule has 2 heterocycles. The van der Waals surface area contributed by atoms with E-state index in [9.17, 15) is 14.9 Å². The van der Waals surface area contributed by atoms with E-state index in [1.54, 1.807) is 30.2 Å². The quantitative estimate of drug-likeness (QED) is 0.344. The monoisotopic (exact) mass is 534 g/mol. The number of carbonyl (C=O) groups excluding carboxylic acids is 2. The maximum absolute atomic E-state index is 13.0. The average Bonchev–Trinajstić information content (AvgIpc) is 3.53. The van der Waals surface area contributed by atoms with Crippen molar-refractivity contribution in [3.63, 3.8) is 0 Å². The van der Waals surface area contributed by atoms with Gasteiger partial charge >= 0.3 is 12.1 Å². The Bertz CT molecular complexity index is 1360. The maximum Gasteiger partial charge on any atom is 0.410 e. The van der Waals surface area contributed by atoms with E-state index >= 15 is 0 Å². The summed E-state index contributed by atoms with van der Waals surface area (Å²) in [6, 6.07) is 12.8. The van der Waals surface area contributed by atoms with Gasteiger partial charge in [-0.25, -0.2) is 4.79 Å². The van der Waals surface area contributed by atoms with Gasteiger partial charge in [-0.1, -0.05) is 12.1 Å². The summed E-state index contributed by atoms with van der Waals surface area (Å²) in [5.41, 5.74) is 0.661. The van der Waals surface area contributed by atoms with Crippen molar-refractivity contribution in [2.45, 2.75) is 58.2 Å². The van der Waals surface area contributed by atoms with Gasteiger partial charge < -0.3 is 28.3 Å². The molecule has 1 amide bonds. The second-order valence-electron chi connectivity index (χ2n) is 10.4. The molecule has 3 aromatic rings. The Morgan fingerprint density at radius 2 is 1.95 bits per heavy atom. The standard InChI is InChI=1S/C30H34N2O7/c1-6-36-28(33)24(15-26-27-21(18-37-26)13-19(16-31)14-25(27)35-5)20-7-9-22(10-8-20)38-23-11-12-32(17-23)29(34)39-30(2,3)4/h7-10,13-14,18,23-24H,6,11-12,15,17H2,1-5H3/t23-,24?/m0/s1. The zero-order valence-corrected chi connectivity index (χ0v) is 23.0. The molecule has 0 bridgehead atoms. The second-order valence-corrected chi connectivity index (χ2v) is 10.4. The van der Waals surface area contributed by atoms with Gasteiger partial charge in [0.25, 0.3) is 0 Å². The summed E-state index contributed by atoms with van der Waals surface area (Å²) in [7, 11) is 1.53. The second kappa shape index (κ2) is 11.7. The van der Waals surface area contributed by atoms with Crippen LogP contribution < -0.4 is 9.47 Å². The first-order valence-corrected chi connectivity index (χ1v) is 13.0. The number of furan rings is 1. The highest BCUT2D eigenvalue weighted by Crippen LogP contribution is 2.36. The number of hydrogen-bond acceptors (Lipinski definition) is 8. The Labute approximate surface area is 228 Å². The summed E-state index contributed by atoms with van der Waals surface area (Å²) in [5.74, 6) is 0.732. The fraction of sp³-hybridized carbons (Fsp3) is 0.433. The molecule has 2 aromatic carbocycles. The molecule has 0 N–H and O–H groups in total. The van der Waals surface area contributed by atoms with Crippen LogP contribution in [0.25, 0.3) is 10.8 Å². The van der Waals surface area contributed by atoms with E-state index in [0.717, 1.165) is 16.3 Å². The molecule has 1 aliphatic heterocycles. The number of nitriles is 1. The van der Waals surface area contributed by atoms with Crippen molar-refractivity contribution >= 4 is 22.8 Å². The molecule has 1 unspecified atom stereocenters. The molecule has 2 atom stereocenters. The highest BCUT2D eigenvalue weighted by Gasteiger charge is 2.31. The first-order chi connectivity index (χ1) is 18.6. The molecule has 1 aromatic heterocycles. The minimum Gasteiger partial charge on any atom is -0.496 e. The Balaban J connectivity index is 1.50. The first kappa shape index (κ1) is 27.8. The fourth-order valence-electron chi connectivity index (χ4n) is 4.65. The zero-order valence-electron chi connectivity index (χ0n) is 23.0. The van der Waals surface area contributed by atoms with E-state index in [2.05, 4.69) is 6.07 Å². The minimum atomic E-state index is -0.622. The van der Waals surface area contributed by atoms with Crippen LogP contribution in [0.15, 0.2) is 47.1 Å². The van der Waals surface area contributed by atoms with Crippen molar-refractivity contribution in [2.24, 2.45) is 0 Å². The van der Waals surface area contributed by atoms with E-state index in [-0.39, 0.29) is 31.2 Å². The van der Waals surface area contributed by atoms with Crippen LogP contribution in [-0.4, -0.2) is 55.5 Å². The molecule has 0 aliphatic carbocycles. The third-order valence-electron chi connectivity index (χ3n) is 6.43. The number of methoxy groups -OCH3 is 1. The number of ether oxygens (including phenoxy) is 4. The van der Waals surface area contributed by atoms with Crippen LogP contribution in [-0.2, 0) is 20.7 Å². The number of nitrogens with zero attached hydrogens (tertiary/aromatic N) is 2. The van der Waals surface area contributed by atoms with Gasteiger partial charge in [-0.05, 0) is 57.5 Å². The summed E-state index contributed by atoms with van der Waals surface area (Å²) in [6.07, 6.45) is 2.03. The van der Waals surface area contributed by atoms with E-state index in [1.807, 2.05) is 45.0 Å². The predicted octanol–water partition coefficient (Wildman–Crippen LogP) is 5.59. The van der Waals surface area contributed by atoms with Gasteiger partial charge in [-0.2, -0.15) is 5.26 Å². The third-order valence-corrected chi connectivity index (χ3v) is 6.43. The van der Waals surface area contributed by atoms with Crippen LogP contribution in [0.1, 0.15) is 56.9 Å². The van der Waals surface area contributed by atoms with Crippen LogP contribution >= 0.6 is 0 Å². The minimum absolute atomic E-state index is 0.149. The molecular formula is C30H34N2O7. The largest absolute Gasteiger partial charge is 0.496 e. The molecule has 39 heavy (non-hydrogen) atoms. The number of amides is 1. The summed E-state index contributed by atoms with van der Waals surface area (Å²) in [5, 5.41) is 10.8. The maximum atomic E-state index is 13.0. The van der Waals surface area contributed by atoms with Gasteiger partial charge in [0.2, 0.25) is 0 Å². The van der Waals surface area contributed by atoms with Crippen molar-refractivity contribution in [3.8, 4) is 17.6 Å². The van der Waals surface area contributed by atoms with Crippen LogP contribution in [0.2, 0.25) is 0 Å². The fourth-order valence-corrected chi connectivity index (χ4v) is 4.65. The van der Waals surface area contributed by atoms with E-state index in [4.69, 9.17) is 23.4 Å². The highest BCUT2D eigenvalue weighted by atomic mass is 16.6. The number of rotatable bonds is 8. The number of esters is 1. The number of carbonyl (C=O) groups is 2. The molecule has 206 valence electrons. The third kappa shape index (κ3) is 6.63. The number of likely N-dealkylation sites (tertiary alicyclic amines) is 1. The van der Waals surface area contributed by atoms with Gasteiger partial charge in [0.05, 0.1) is 49.5 Å². The summed E-state index contributed by atoms with van der Waals surface area (Å²) in [6.45, 7) is 8.56. The van der Waals surface area contributed by atoms with Crippen molar-refractivity contribution in [1.29, 1.82) is 5.26 Å². The van der Waals surface area contributed by atoms with Crippen molar-refractivity contribution in [2.75, 3.05) is 26.8 Å². The molecule has 0 saturated carbocycles. The van der Waals surface area contributed by atoms with Gasteiger partial charge in [0, 0.05) is 24.8 Å². The molecule has 1 aliphatic rings. The van der Waals surface area contributed by atoms with Crippen molar-refractivity contribution in [3.05, 3.63) is 59.5 Å². The van der Waals surface area contributed by atoms with Gasteiger partial charge in [0.1, 0.15) is 29.0 Å². The van der Waals surface area contributed by atoms with E-state index in [0.29, 0.717) is 42.3 Å². The Morgan fingerprint density at radius 3 is 2.59 bits per heavy atom. The van der Waals surface area contributed by atoms with E-state index < -0.39 is 11.5 Å². The lowest BCUT2D eigenvalue weighted by molar-refractivity contribution is -0.145. The van der Waals surface area contributed by atoms with Crippen LogP contribution in [0, 0.1) is 11.3 Å². The Morgan fingerprint density at radius 1 is 1.21 bits per heavy atom. The van der Waals surface area contributed by atoms with Crippen LogP contribution in [0.4, 0.5) is 4.79 Å².